The Balaban J connectivity index is 1.44. The number of carbonyl (C=O) groups excluding carboxylic acids is 2. The largest absolute Gasteiger partial charge is 0.349 e. The molecule has 29 heavy (non-hydrogen) atoms. The Morgan fingerprint density at radius 2 is 1.66 bits per heavy atom. The fourth-order valence-corrected chi connectivity index (χ4v) is 4.09. The number of carbonyl (C=O) groups is 2. The van der Waals surface area contributed by atoms with Crippen LogP contribution in [0.4, 0.5) is 0 Å². The van der Waals surface area contributed by atoms with Crippen LogP contribution in [0, 0.1) is 0 Å². The Morgan fingerprint density at radius 3 is 2.38 bits per heavy atom. The Hall–Kier alpha value is -2.73. The smallest absolute Gasteiger partial charge is 0.253 e. The van der Waals surface area contributed by atoms with Crippen molar-refractivity contribution in [2.75, 3.05) is 26.2 Å². The highest BCUT2D eigenvalue weighted by Crippen LogP contribution is 2.22. The first kappa shape index (κ1) is 19.6. The minimum atomic E-state index is -0.0586. The van der Waals surface area contributed by atoms with Crippen LogP contribution in [0.25, 0.3) is 11.1 Å². The number of aromatic nitrogens is 1. The molecule has 2 heterocycles. The second kappa shape index (κ2) is 9.18. The second-order valence-electron chi connectivity index (χ2n) is 7.89. The summed E-state index contributed by atoms with van der Waals surface area (Å²) in [6.07, 6.45) is 9.11. The minimum absolute atomic E-state index is 0.0586. The Labute approximate surface area is 171 Å². The number of piperazine rings is 1. The topological polar surface area (TPSA) is 74.3 Å². The third-order valence-electron chi connectivity index (χ3n) is 5.81. The summed E-state index contributed by atoms with van der Waals surface area (Å²) < 4.78 is 0. The first-order chi connectivity index (χ1) is 14.2. The lowest BCUT2D eigenvalue weighted by atomic mass is 9.95. The van der Waals surface area contributed by atoms with Gasteiger partial charge in [-0.1, -0.05) is 31.4 Å². The third-order valence-corrected chi connectivity index (χ3v) is 5.81. The fourth-order valence-electron chi connectivity index (χ4n) is 4.09. The van der Waals surface area contributed by atoms with E-state index in [1.165, 1.54) is 19.3 Å². The minimum Gasteiger partial charge on any atom is -0.349 e. The number of hydrogen-bond acceptors (Lipinski definition) is 4. The molecule has 2 aliphatic rings. The van der Waals surface area contributed by atoms with Crippen LogP contribution >= 0.6 is 0 Å². The number of nitrogens with zero attached hydrogens (tertiary/aromatic N) is 2. The number of amides is 2. The SMILES string of the molecule is O=C(NC1CCCCC1)c1cncc(-c2ccc(C(=O)N3CCNCC3)cc2)c1. The van der Waals surface area contributed by atoms with E-state index in [1.807, 2.05) is 35.2 Å². The molecule has 1 saturated carbocycles. The van der Waals surface area contributed by atoms with Crippen molar-refractivity contribution >= 4 is 11.8 Å². The van der Waals surface area contributed by atoms with E-state index in [2.05, 4.69) is 15.6 Å². The molecule has 1 aromatic carbocycles. The van der Waals surface area contributed by atoms with Gasteiger partial charge in [0.05, 0.1) is 5.56 Å². The van der Waals surface area contributed by atoms with Crippen molar-refractivity contribution in [1.82, 2.24) is 20.5 Å². The van der Waals surface area contributed by atoms with E-state index in [4.69, 9.17) is 0 Å². The van der Waals surface area contributed by atoms with Gasteiger partial charge in [-0.25, -0.2) is 0 Å². The molecule has 2 aromatic rings. The van der Waals surface area contributed by atoms with Crippen molar-refractivity contribution in [1.29, 1.82) is 0 Å². The van der Waals surface area contributed by atoms with Crippen LogP contribution in [-0.4, -0.2) is 53.9 Å². The number of benzene rings is 1. The van der Waals surface area contributed by atoms with E-state index < -0.39 is 0 Å². The van der Waals surface area contributed by atoms with Crippen molar-refractivity contribution in [3.63, 3.8) is 0 Å². The zero-order valence-corrected chi connectivity index (χ0v) is 16.7. The van der Waals surface area contributed by atoms with E-state index in [-0.39, 0.29) is 17.9 Å². The summed E-state index contributed by atoms with van der Waals surface area (Å²) in [5.41, 5.74) is 3.09. The fraction of sp³-hybridized carbons (Fsp3) is 0.435. The number of rotatable bonds is 4. The third kappa shape index (κ3) is 4.82. The van der Waals surface area contributed by atoms with Gasteiger partial charge < -0.3 is 15.5 Å². The molecule has 2 N–H and O–H groups in total. The Morgan fingerprint density at radius 1 is 0.931 bits per heavy atom. The Bertz CT molecular complexity index is 853. The molecule has 2 fully saturated rings. The summed E-state index contributed by atoms with van der Waals surface area (Å²) in [4.78, 5) is 31.4. The standard InChI is InChI=1S/C23H28N4O2/c28-22(26-21-4-2-1-3-5-21)20-14-19(15-25-16-20)17-6-8-18(9-7-17)23(29)27-12-10-24-11-13-27/h6-9,14-16,21,24H,1-5,10-13H2,(H,26,28). The maximum Gasteiger partial charge on any atom is 0.253 e. The molecule has 6 heteroatoms. The maximum absolute atomic E-state index is 12.6. The summed E-state index contributed by atoms with van der Waals surface area (Å²) in [5.74, 6) is 0.00791. The van der Waals surface area contributed by atoms with Crippen molar-refractivity contribution in [3.8, 4) is 11.1 Å². The maximum atomic E-state index is 12.6. The van der Waals surface area contributed by atoms with Gasteiger partial charge >= 0.3 is 0 Å². The predicted molar refractivity (Wildman–Crippen MR) is 113 cm³/mol. The van der Waals surface area contributed by atoms with Crippen LogP contribution in [-0.2, 0) is 0 Å². The van der Waals surface area contributed by atoms with E-state index in [9.17, 15) is 9.59 Å². The Kier molecular flexibility index (Phi) is 6.20. The molecular weight excluding hydrogens is 364 g/mol. The lowest BCUT2D eigenvalue weighted by Crippen LogP contribution is -2.46. The average molecular weight is 393 g/mol. The molecule has 0 unspecified atom stereocenters. The molecule has 2 amide bonds. The van der Waals surface area contributed by atoms with Crippen LogP contribution in [0.5, 0.6) is 0 Å². The van der Waals surface area contributed by atoms with Crippen LogP contribution < -0.4 is 10.6 Å². The van der Waals surface area contributed by atoms with Gasteiger partial charge in [0.25, 0.3) is 11.8 Å². The number of hydrogen-bond donors (Lipinski definition) is 2. The van der Waals surface area contributed by atoms with Crippen LogP contribution in [0.2, 0.25) is 0 Å². The molecule has 4 rings (SSSR count). The normalized spacial score (nSPS) is 17.7. The molecule has 0 radical (unpaired) electrons. The van der Waals surface area contributed by atoms with Crippen LogP contribution in [0.3, 0.4) is 0 Å². The van der Waals surface area contributed by atoms with Gasteiger partial charge in [0.1, 0.15) is 0 Å². The number of pyridine rings is 1. The van der Waals surface area contributed by atoms with Gasteiger partial charge in [-0.15, -0.1) is 0 Å². The molecule has 0 atom stereocenters. The molecule has 0 spiro atoms. The van der Waals surface area contributed by atoms with Crippen molar-refractivity contribution < 1.29 is 9.59 Å². The first-order valence-corrected chi connectivity index (χ1v) is 10.6. The first-order valence-electron chi connectivity index (χ1n) is 10.6. The lowest BCUT2D eigenvalue weighted by molar-refractivity contribution is 0.0735. The zero-order chi connectivity index (χ0) is 20.1. The summed E-state index contributed by atoms with van der Waals surface area (Å²) in [5, 5.41) is 6.40. The molecule has 6 nitrogen and oxygen atoms in total. The zero-order valence-electron chi connectivity index (χ0n) is 16.7. The lowest BCUT2D eigenvalue weighted by Gasteiger charge is -2.27. The highest BCUT2D eigenvalue weighted by atomic mass is 16.2. The molecule has 0 bridgehead atoms. The average Bonchev–Trinajstić information content (AvgIpc) is 2.80. The van der Waals surface area contributed by atoms with E-state index in [0.717, 1.165) is 50.1 Å². The van der Waals surface area contributed by atoms with E-state index >= 15 is 0 Å². The molecular formula is C23H28N4O2. The van der Waals surface area contributed by atoms with Gasteiger partial charge in [0, 0.05) is 55.7 Å². The summed E-state index contributed by atoms with van der Waals surface area (Å²) >= 11 is 0. The van der Waals surface area contributed by atoms with E-state index in [0.29, 0.717) is 11.1 Å². The molecule has 1 aromatic heterocycles. The molecule has 152 valence electrons. The van der Waals surface area contributed by atoms with Gasteiger partial charge in [-0.2, -0.15) is 0 Å². The van der Waals surface area contributed by atoms with Crippen LogP contribution in [0.1, 0.15) is 52.8 Å². The van der Waals surface area contributed by atoms with Gasteiger partial charge in [-0.3, -0.25) is 14.6 Å². The van der Waals surface area contributed by atoms with Gasteiger partial charge in [0.2, 0.25) is 0 Å². The second-order valence-corrected chi connectivity index (χ2v) is 7.89. The quantitative estimate of drug-likeness (QED) is 0.839. The van der Waals surface area contributed by atoms with Crippen molar-refractivity contribution in [2.45, 2.75) is 38.1 Å². The molecule has 1 aliphatic carbocycles. The summed E-state index contributed by atoms with van der Waals surface area (Å²) in [6, 6.07) is 9.71. The van der Waals surface area contributed by atoms with Crippen molar-refractivity contribution in [2.24, 2.45) is 0 Å². The molecule has 1 aliphatic heterocycles. The summed E-state index contributed by atoms with van der Waals surface area (Å²) in [7, 11) is 0. The monoisotopic (exact) mass is 392 g/mol. The van der Waals surface area contributed by atoms with Crippen molar-refractivity contribution in [3.05, 3.63) is 53.9 Å². The van der Waals surface area contributed by atoms with Crippen LogP contribution in [0.15, 0.2) is 42.7 Å². The predicted octanol–water partition coefficient (Wildman–Crippen LogP) is 2.86. The van der Waals surface area contributed by atoms with Gasteiger partial charge in [0.15, 0.2) is 0 Å². The molecule has 1 saturated heterocycles. The summed E-state index contributed by atoms with van der Waals surface area (Å²) in [6.45, 7) is 3.15. The highest BCUT2D eigenvalue weighted by molar-refractivity contribution is 5.96. The highest BCUT2D eigenvalue weighted by Gasteiger charge is 2.19. The number of nitrogens with one attached hydrogen (secondary N) is 2. The van der Waals surface area contributed by atoms with E-state index in [1.54, 1.807) is 12.4 Å². The van der Waals surface area contributed by atoms with Gasteiger partial charge in [-0.05, 0) is 36.6 Å².